The fraction of sp³-hybridized carbons (Fsp3) is 0.500. The van der Waals surface area contributed by atoms with E-state index in [1.165, 1.54) is 11.1 Å². The molecule has 0 spiro atoms. The summed E-state index contributed by atoms with van der Waals surface area (Å²) >= 11 is 0. The van der Waals surface area contributed by atoms with Crippen molar-refractivity contribution in [2.24, 2.45) is 11.7 Å². The minimum Gasteiger partial charge on any atom is -0.324 e. The molecule has 0 bridgehead atoms. The molecule has 1 nitrogen and oxygen atoms in total. The minimum absolute atomic E-state index is 0.172. The molecule has 0 aliphatic rings. The molecule has 1 aromatic rings. The first-order valence-electron chi connectivity index (χ1n) is 4.99. The van der Waals surface area contributed by atoms with E-state index in [0.29, 0.717) is 5.92 Å². The molecule has 0 aliphatic heterocycles. The SMILES string of the molecule is CCc1ccc(C(N)C(C)C)cc1. The number of aryl methyl sites for hydroxylation is 1. The average molecular weight is 177 g/mol. The molecular weight excluding hydrogens is 158 g/mol. The molecule has 0 radical (unpaired) electrons. The minimum atomic E-state index is 0.172. The highest BCUT2D eigenvalue weighted by atomic mass is 14.6. The van der Waals surface area contributed by atoms with E-state index in [1.807, 2.05) is 0 Å². The van der Waals surface area contributed by atoms with Gasteiger partial charge in [0, 0.05) is 6.04 Å². The Balaban J connectivity index is 2.79. The largest absolute Gasteiger partial charge is 0.324 e. The number of hydrogen-bond donors (Lipinski definition) is 1. The Kier molecular flexibility index (Phi) is 3.49. The zero-order valence-corrected chi connectivity index (χ0v) is 8.75. The number of rotatable bonds is 3. The van der Waals surface area contributed by atoms with Crippen LogP contribution >= 0.6 is 0 Å². The van der Waals surface area contributed by atoms with Crippen LogP contribution in [0.15, 0.2) is 24.3 Å². The zero-order chi connectivity index (χ0) is 9.84. The highest BCUT2D eigenvalue weighted by Gasteiger charge is 2.09. The number of hydrogen-bond acceptors (Lipinski definition) is 1. The fourth-order valence-corrected chi connectivity index (χ4v) is 1.36. The van der Waals surface area contributed by atoms with Crippen molar-refractivity contribution in [1.29, 1.82) is 0 Å². The third-order valence-corrected chi connectivity index (χ3v) is 2.49. The standard InChI is InChI=1S/C12H19N/c1-4-10-5-7-11(8-6-10)12(13)9(2)3/h5-9,12H,4,13H2,1-3H3. The molecule has 13 heavy (non-hydrogen) atoms. The predicted octanol–water partition coefficient (Wildman–Crippen LogP) is 2.90. The summed E-state index contributed by atoms with van der Waals surface area (Å²) < 4.78 is 0. The van der Waals surface area contributed by atoms with Gasteiger partial charge in [0.25, 0.3) is 0 Å². The van der Waals surface area contributed by atoms with Crippen LogP contribution in [0.3, 0.4) is 0 Å². The van der Waals surface area contributed by atoms with Crippen LogP contribution in [0.1, 0.15) is 37.9 Å². The van der Waals surface area contributed by atoms with Gasteiger partial charge < -0.3 is 5.73 Å². The van der Waals surface area contributed by atoms with E-state index in [4.69, 9.17) is 5.73 Å². The summed E-state index contributed by atoms with van der Waals surface area (Å²) in [6, 6.07) is 8.79. The van der Waals surface area contributed by atoms with Crippen molar-refractivity contribution in [1.82, 2.24) is 0 Å². The summed E-state index contributed by atoms with van der Waals surface area (Å²) in [4.78, 5) is 0. The highest BCUT2D eigenvalue weighted by Crippen LogP contribution is 2.18. The molecule has 0 heterocycles. The highest BCUT2D eigenvalue weighted by molar-refractivity contribution is 5.25. The summed E-state index contributed by atoms with van der Waals surface area (Å²) in [5.41, 5.74) is 8.65. The molecule has 1 aromatic carbocycles. The smallest absolute Gasteiger partial charge is 0.0318 e. The Morgan fingerprint density at radius 2 is 1.69 bits per heavy atom. The molecule has 72 valence electrons. The predicted molar refractivity (Wildman–Crippen MR) is 57.6 cm³/mol. The monoisotopic (exact) mass is 177 g/mol. The van der Waals surface area contributed by atoms with Crippen LogP contribution in [-0.4, -0.2) is 0 Å². The summed E-state index contributed by atoms with van der Waals surface area (Å²) in [5.74, 6) is 0.507. The van der Waals surface area contributed by atoms with Crippen LogP contribution in [-0.2, 0) is 6.42 Å². The van der Waals surface area contributed by atoms with Crippen LogP contribution < -0.4 is 5.73 Å². The second-order valence-corrected chi connectivity index (χ2v) is 3.86. The van der Waals surface area contributed by atoms with E-state index in [-0.39, 0.29) is 6.04 Å². The van der Waals surface area contributed by atoms with Crippen molar-refractivity contribution in [3.05, 3.63) is 35.4 Å². The van der Waals surface area contributed by atoms with Crippen LogP contribution in [0.2, 0.25) is 0 Å². The summed E-state index contributed by atoms with van der Waals surface area (Å²) in [6.07, 6.45) is 1.09. The molecule has 1 heteroatoms. The molecule has 1 unspecified atom stereocenters. The topological polar surface area (TPSA) is 26.0 Å². The molecule has 1 atom stereocenters. The van der Waals surface area contributed by atoms with Crippen molar-refractivity contribution in [3.63, 3.8) is 0 Å². The normalized spacial score (nSPS) is 13.3. The Morgan fingerprint density at radius 3 is 2.08 bits per heavy atom. The first kappa shape index (κ1) is 10.3. The Labute approximate surface area is 81.0 Å². The molecule has 1 rings (SSSR count). The van der Waals surface area contributed by atoms with Crippen LogP contribution in [0, 0.1) is 5.92 Å². The van der Waals surface area contributed by atoms with Gasteiger partial charge in [0.15, 0.2) is 0 Å². The first-order chi connectivity index (χ1) is 6.15. The lowest BCUT2D eigenvalue weighted by atomic mass is 9.96. The van der Waals surface area contributed by atoms with Gasteiger partial charge in [-0.3, -0.25) is 0 Å². The molecule has 0 aliphatic carbocycles. The van der Waals surface area contributed by atoms with E-state index in [9.17, 15) is 0 Å². The van der Waals surface area contributed by atoms with Gasteiger partial charge in [-0.2, -0.15) is 0 Å². The van der Waals surface area contributed by atoms with E-state index in [2.05, 4.69) is 45.0 Å². The molecule has 0 aromatic heterocycles. The van der Waals surface area contributed by atoms with Gasteiger partial charge in [-0.05, 0) is 23.5 Å². The Hall–Kier alpha value is -0.820. The van der Waals surface area contributed by atoms with Crippen LogP contribution in [0.4, 0.5) is 0 Å². The molecule has 2 N–H and O–H groups in total. The van der Waals surface area contributed by atoms with Gasteiger partial charge in [0.05, 0.1) is 0 Å². The van der Waals surface area contributed by atoms with Crippen LogP contribution in [0.5, 0.6) is 0 Å². The van der Waals surface area contributed by atoms with Gasteiger partial charge in [-0.25, -0.2) is 0 Å². The summed E-state index contributed by atoms with van der Waals surface area (Å²) in [6.45, 7) is 6.47. The van der Waals surface area contributed by atoms with E-state index in [1.54, 1.807) is 0 Å². The van der Waals surface area contributed by atoms with E-state index < -0.39 is 0 Å². The van der Waals surface area contributed by atoms with Crippen molar-refractivity contribution < 1.29 is 0 Å². The van der Waals surface area contributed by atoms with Crippen LogP contribution in [0.25, 0.3) is 0 Å². The number of nitrogens with two attached hydrogens (primary N) is 1. The van der Waals surface area contributed by atoms with Gasteiger partial charge in [0.1, 0.15) is 0 Å². The second kappa shape index (κ2) is 4.43. The van der Waals surface area contributed by atoms with Gasteiger partial charge in [0.2, 0.25) is 0 Å². The van der Waals surface area contributed by atoms with Crippen molar-refractivity contribution in [3.8, 4) is 0 Å². The molecule has 0 saturated carbocycles. The van der Waals surface area contributed by atoms with Crippen molar-refractivity contribution in [2.45, 2.75) is 33.2 Å². The maximum Gasteiger partial charge on any atom is 0.0318 e. The number of benzene rings is 1. The van der Waals surface area contributed by atoms with Gasteiger partial charge >= 0.3 is 0 Å². The first-order valence-corrected chi connectivity index (χ1v) is 4.99. The zero-order valence-electron chi connectivity index (χ0n) is 8.75. The lowest BCUT2D eigenvalue weighted by Gasteiger charge is -2.16. The maximum atomic E-state index is 6.03. The van der Waals surface area contributed by atoms with Gasteiger partial charge in [-0.1, -0.05) is 45.0 Å². The average Bonchev–Trinajstić information content (AvgIpc) is 2.17. The lowest BCUT2D eigenvalue weighted by Crippen LogP contribution is -2.16. The molecule has 0 fully saturated rings. The summed E-state index contributed by atoms with van der Waals surface area (Å²) in [7, 11) is 0. The Bertz CT molecular complexity index is 248. The Morgan fingerprint density at radius 1 is 1.15 bits per heavy atom. The van der Waals surface area contributed by atoms with Gasteiger partial charge in [-0.15, -0.1) is 0 Å². The fourth-order valence-electron chi connectivity index (χ4n) is 1.36. The molecule has 0 amide bonds. The second-order valence-electron chi connectivity index (χ2n) is 3.86. The lowest BCUT2D eigenvalue weighted by molar-refractivity contribution is 0.514. The van der Waals surface area contributed by atoms with Crippen molar-refractivity contribution in [2.75, 3.05) is 0 Å². The van der Waals surface area contributed by atoms with E-state index >= 15 is 0 Å². The molecular formula is C12H19N. The van der Waals surface area contributed by atoms with Crippen molar-refractivity contribution >= 4 is 0 Å². The third kappa shape index (κ3) is 2.56. The summed E-state index contributed by atoms with van der Waals surface area (Å²) in [5, 5.41) is 0. The maximum absolute atomic E-state index is 6.03. The van der Waals surface area contributed by atoms with E-state index in [0.717, 1.165) is 6.42 Å². The third-order valence-electron chi connectivity index (χ3n) is 2.49. The molecule has 0 saturated heterocycles. The quantitative estimate of drug-likeness (QED) is 0.754.